The maximum absolute atomic E-state index is 10.2. The highest BCUT2D eigenvalue weighted by atomic mass is 16.7. The molecule has 0 fully saturated rings. The lowest BCUT2D eigenvalue weighted by atomic mass is 9.99. The summed E-state index contributed by atoms with van der Waals surface area (Å²) in [4.78, 5) is 10.2. The molecule has 1 N–H and O–H groups in total. The third-order valence-corrected chi connectivity index (χ3v) is 1.69. The fraction of sp³-hybridized carbons (Fsp3) is 0.625. The van der Waals surface area contributed by atoms with Crippen LogP contribution in [0.4, 0.5) is 4.79 Å². The Hall–Kier alpha value is -1.17. The topological polar surface area (TPSA) is 46.5 Å². The van der Waals surface area contributed by atoms with Crippen LogP contribution in [0, 0.1) is 12.3 Å². The molecule has 0 aromatic rings. The number of terminal acetylenes is 1. The van der Waals surface area contributed by atoms with Crippen molar-refractivity contribution in [3.63, 3.8) is 0 Å². The van der Waals surface area contributed by atoms with Gasteiger partial charge in [-0.15, -0.1) is 6.42 Å². The number of carbonyl (C=O) groups is 1. The van der Waals surface area contributed by atoms with Crippen molar-refractivity contribution < 1.29 is 14.6 Å². The Morgan fingerprint density at radius 3 is 2.18 bits per heavy atom. The maximum Gasteiger partial charge on any atom is 0.507 e. The summed E-state index contributed by atoms with van der Waals surface area (Å²) in [5, 5.41) is 8.32. The molecule has 0 aliphatic heterocycles. The molecule has 0 saturated heterocycles. The SMILES string of the molecule is C#CC(CC)(CC)OC(=O)O. The van der Waals surface area contributed by atoms with Gasteiger partial charge < -0.3 is 9.84 Å². The minimum atomic E-state index is -1.31. The van der Waals surface area contributed by atoms with Gasteiger partial charge in [-0.3, -0.25) is 0 Å². The molecule has 0 radical (unpaired) electrons. The average molecular weight is 156 g/mol. The molecule has 0 aromatic carbocycles. The molecule has 0 rings (SSSR count). The molecule has 0 aliphatic rings. The summed E-state index contributed by atoms with van der Waals surface area (Å²) in [5.74, 6) is 2.34. The van der Waals surface area contributed by atoms with E-state index in [0.717, 1.165) is 0 Å². The molecule has 0 unspecified atom stereocenters. The van der Waals surface area contributed by atoms with E-state index in [9.17, 15) is 4.79 Å². The molecule has 0 atom stereocenters. The third-order valence-electron chi connectivity index (χ3n) is 1.69. The summed E-state index contributed by atoms with van der Waals surface area (Å²) in [7, 11) is 0. The van der Waals surface area contributed by atoms with E-state index in [1.54, 1.807) is 13.8 Å². The summed E-state index contributed by atoms with van der Waals surface area (Å²) in [5.41, 5.74) is -0.925. The zero-order valence-corrected chi connectivity index (χ0v) is 6.76. The first-order chi connectivity index (χ1) is 5.10. The lowest BCUT2D eigenvalue weighted by Crippen LogP contribution is -2.31. The van der Waals surface area contributed by atoms with Crippen LogP contribution in [-0.2, 0) is 4.74 Å². The standard InChI is InChI=1S/C8H12O3/c1-4-8(5-2,6-3)11-7(9)10/h1H,5-6H2,2-3H3,(H,9,10). The van der Waals surface area contributed by atoms with E-state index >= 15 is 0 Å². The van der Waals surface area contributed by atoms with Crippen LogP contribution in [0.25, 0.3) is 0 Å². The Kier molecular flexibility index (Phi) is 3.46. The molecule has 62 valence electrons. The van der Waals surface area contributed by atoms with Gasteiger partial charge in [0.25, 0.3) is 0 Å². The summed E-state index contributed by atoms with van der Waals surface area (Å²) in [6.45, 7) is 3.60. The molecule has 0 aliphatic carbocycles. The molecule has 11 heavy (non-hydrogen) atoms. The van der Waals surface area contributed by atoms with Crippen molar-refractivity contribution in [2.24, 2.45) is 0 Å². The van der Waals surface area contributed by atoms with Gasteiger partial charge >= 0.3 is 6.16 Å². The number of carboxylic acid groups (broad SMARTS) is 1. The van der Waals surface area contributed by atoms with Gasteiger partial charge in [0.2, 0.25) is 0 Å². The first-order valence-corrected chi connectivity index (χ1v) is 3.50. The minimum absolute atomic E-state index is 0.506. The third kappa shape index (κ3) is 2.50. The van der Waals surface area contributed by atoms with Crippen molar-refractivity contribution in [2.75, 3.05) is 0 Å². The van der Waals surface area contributed by atoms with Gasteiger partial charge in [-0.2, -0.15) is 0 Å². The maximum atomic E-state index is 10.2. The van der Waals surface area contributed by atoms with Gasteiger partial charge in [0, 0.05) is 0 Å². The molecule has 0 amide bonds. The quantitative estimate of drug-likeness (QED) is 0.501. The van der Waals surface area contributed by atoms with Crippen LogP contribution in [0.2, 0.25) is 0 Å². The van der Waals surface area contributed by atoms with Gasteiger partial charge in [-0.25, -0.2) is 4.79 Å². The van der Waals surface area contributed by atoms with Crippen molar-refractivity contribution in [3.05, 3.63) is 0 Å². The fourth-order valence-corrected chi connectivity index (χ4v) is 0.795. The highest BCUT2D eigenvalue weighted by molar-refractivity contribution is 5.58. The highest BCUT2D eigenvalue weighted by Crippen LogP contribution is 2.18. The highest BCUT2D eigenvalue weighted by Gasteiger charge is 2.27. The van der Waals surface area contributed by atoms with E-state index in [2.05, 4.69) is 10.7 Å². The number of hydrogen-bond donors (Lipinski definition) is 1. The molecule has 0 saturated carbocycles. The molecular formula is C8H12O3. The summed E-state index contributed by atoms with van der Waals surface area (Å²) in [6.07, 6.45) is 4.84. The molecule has 0 aromatic heterocycles. The number of hydrogen-bond acceptors (Lipinski definition) is 2. The zero-order chi connectivity index (χ0) is 8.91. The van der Waals surface area contributed by atoms with Crippen molar-refractivity contribution in [1.29, 1.82) is 0 Å². The Morgan fingerprint density at radius 1 is 1.64 bits per heavy atom. The van der Waals surface area contributed by atoms with Crippen molar-refractivity contribution in [1.82, 2.24) is 0 Å². The van der Waals surface area contributed by atoms with E-state index in [1.807, 2.05) is 0 Å². The lowest BCUT2D eigenvalue weighted by Gasteiger charge is -2.23. The Balaban J connectivity index is 4.32. The van der Waals surface area contributed by atoms with E-state index < -0.39 is 11.8 Å². The van der Waals surface area contributed by atoms with Crippen molar-refractivity contribution in [3.8, 4) is 12.3 Å². The second-order valence-corrected chi connectivity index (χ2v) is 2.21. The molecule has 3 nitrogen and oxygen atoms in total. The van der Waals surface area contributed by atoms with Crippen LogP contribution >= 0.6 is 0 Å². The lowest BCUT2D eigenvalue weighted by molar-refractivity contribution is 0.0119. The van der Waals surface area contributed by atoms with Gasteiger partial charge in [0.05, 0.1) is 0 Å². The van der Waals surface area contributed by atoms with Crippen LogP contribution in [0.3, 0.4) is 0 Å². The predicted octanol–water partition coefficient (Wildman–Crippen LogP) is 1.87. The van der Waals surface area contributed by atoms with Crippen molar-refractivity contribution in [2.45, 2.75) is 32.3 Å². The molecule has 0 heterocycles. The van der Waals surface area contributed by atoms with Crippen LogP contribution in [0.15, 0.2) is 0 Å². The first-order valence-electron chi connectivity index (χ1n) is 3.50. The van der Waals surface area contributed by atoms with E-state index in [0.29, 0.717) is 12.8 Å². The van der Waals surface area contributed by atoms with Crippen LogP contribution < -0.4 is 0 Å². The molecule has 3 heteroatoms. The molecular weight excluding hydrogens is 144 g/mol. The average Bonchev–Trinajstić information content (AvgIpc) is 2.00. The minimum Gasteiger partial charge on any atom is -0.450 e. The predicted molar refractivity (Wildman–Crippen MR) is 41.3 cm³/mol. The first kappa shape index (κ1) is 9.83. The molecule has 0 spiro atoms. The van der Waals surface area contributed by atoms with E-state index in [-0.39, 0.29) is 0 Å². The number of rotatable bonds is 3. The van der Waals surface area contributed by atoms with Gasteiger partial charge in [0.15, 0.2) is 5.60 Å². The second kappa shape index (κ2) is 3.87. The largest absolute Gasteiger partial charge is 0.507 e. The van der Waals surface area contributed by atoms with Gasteiger partial charge in [-0.1, -0.05) is 19.8 Å². The summed E-state index contributed by atoms with van der Waals surface area (Å²) >= 11 is 0. The summed E-state index contributed by atoms with van der Waals surface area (Å²) in [6, 6.07) is 0. The van der Waals surface area contributed by atoms with E-state index in [4.69, 9.17) is 11.5 Å². The van der Waals surface area contributed by atoms with E-state index in [1.165, 1.54) is 0 Å². The zero-order valence-electron chi connectivity index (χ0n) is 6.76. The fourth-order valence-electron chi connectivity index (χ4n) is 0.795. The Labute approximate surface area is 66.4 Å². The van der Waals surface area contributed by atoms with Gasteiger partial charge in [0.1, 0.15) is 0 Å². The Bertz CT molecular complexity index is 174. The summed E-state index contributed by atoms with van der Waals surface area (Å²) < 4.78 is 4.57. The van der Waals surface area contributed by atoms with Gasteiger partial charge in [-0.05, 0) is 12.8 Å². The van der Waals surface area contributed by atoms with Crippen LogP contribution in [-0.4, -0.2) is 16.9 Å². The smallest absolute Gasteiger partial charge is 0.450 e. The molecule has 0 bridgehead atoms. The normalized spacial score (nSPS) is 10.3. The van der Waals surface area contributed by atoms with Crippen LogP contribution in [0.5, 0.6) is 0 Å². The second-order valence-electron chi connectivity index (χ2n) is 2.21. The van der Waals surface area contributed by atoms with Crippen molar-refractivity contribution >= 4 is 6.16 Å². The monoisotopic (exact) mass is 156 g/mol. The van der Waals surface area contributed by atoms with Crippen LogP contribution in [0.1, 0.15) is 26.7 Å². The number of ether oxygens (including phenoxy) is 1. The Morgan fingerprint density at radius 2 is 2.09 bits per heavy atom.